The van der Waals surface area contributed by atoms with Crippen LogP contribution < -0.4 is 0 Å². The summed E-state index contributed by atoms with van der Waals surface area (Å²) in [6.45, 7) is 0. The number of rotatable bonds is 0. The molecule has 0 fully saturated rings. The molecule has 0 N–H and O–H groups in total. The van der Waals surface area contributed by atoms with E-state index in [4.69, 9.17) is 0 Å². The van der Waals surface area contributed by atoms with E-state index in [0.717, 1.165) is 12.8 Å². The fraction of sp³-hybridized carbons (Fsp3) is 0.133. The van der Waals surface area contributed by atoms with Gasteiger partial charge in [0.25, 0.3) is 0 Å². The van der Waals surface area contributed by atoms with Crippen molar-refractivity contribution in [1.29, 1.82) is 0 Å². The van der Waals surface area contributed by atoms with Gasteiger partial charge in [0.2, 0.25) is 0 Å². The smallest absolute Gasteiger partial charge is 0.00791 e. The molecule has 72 valence electrons. The Morgan fingerprint density at radius 2 is 1.13 bits per heavy atom. The van der Waals surface area contributed by atoms with Crippen LogP contribution in [0, 0.1) is 6.42 Å². The van der Waals surface area contributed by atoms with Crippen LogP contribution in [0.4, 0.5) is 0 Å². The molecule has 15 heavy (non-hydrogen) atoms. The number of hydrogen-bond acceptors (Lipinski definition) is 0. The van der Waals surface area contributed by atoms with Crippen molar-refractivity contribution in [3.05, 3.63) is 66.1 Å². The van der Waals surface area contributed by atoms with Gasteiger partial charge in [-0.25, -0.2) is 0 Å². The minimum absolute atomic E-state index is 0.963. The molecular weight excluding hydrogens is 180 g/mol. The molecule has 0 aliphatic heterocycles. The quantitative estimate of drug-likeness (QED) is 0.599. The van der Waals surface area contributed by atoms with Gasteiger partial charge >= 0.3 is 0 Å². The first-order chi connectivity index (χ1) is 7.45. The van der Waals surface area contributed by atoms with Crippen molar-refractivity contribution in [2.75, 3.05) is 0 Å². The zero-order valence-electron chi connectivity index (χ0n) is 8.53. The third kappa shape index (κ3) is 1.46. The molecule has 2 radical (unpaired) electrons. The van der Waals surface area contributed by atoms with Crippen molar-refractivity contribution < 1.29 is 0 Å². The lowest BCUT2D eigenvalue weighted by atomic mass is 9.97. The van der Waals surface area contributed by atoms with E-state index in [-0.39, 0.29) is 0 Å². The fourth-order valence-electron chi connectivity index (χ4n) is 2.21. The monoisotopic (exact) mass is 192 g/mol. The lowest BCUT2D eigenvalue weighted by molar-refractivity contribution is 1.05. The molecular formula is C15H12. The van der Waals surface area contributed by atoms with Gasteiger partial charge in [0, 0.05) is 0 Å². The Labute approximate surface area is 90.6 Å². The summed E-state index contributed by atoms with van der Waals surface area (Å²) in [5.74, 6) is 0. The van der Waals surface area contributed by atoms with Gasteiger partial charge in [-0.1, -0.05) is 48.5 Å². The molecule has 0 saturated carbocycles. The van der Waals surface area contributed by atoms with Gasteiger partial charge in [-0.15, -0.1) is 0 Å². The van der Waals surface area contributed by atoms with Crippen LogP contribution >= 0.6 is 0 Å². The summed E-state index contributed by atoms with van der Waals surface area (Å²) < 4.78 is 0. The largest absolute Gasteiger partial charge is 0.0620 e. The standard InChI is InChI=1S/C15H12/c1-3-10-14-12(6-1)8-5-9-13-7-2-4-11-15(13)14/h1-4,6-7,10-11H,8-9H2. The molecule has 0 saturated heterocycles. The minimum atomic E-state index is 0.963. The molecule has 0 heteroatoms. The van der Waals surface area contributed by atoms with Crippen LogP contribution in [0.25, 0.3) is 11.1 Å². The third-order valence-corrected chi connectivity index (χ3v) is 2.96. The highest BCUT2D eigenvalue weighted by molar-refractivity contribution is 5.72. The number of fused-ring (bicyclic) bond motifs is 3. The molecule has 0 aromatic heterocycles. The minimum Gasteiger partial charge on any atom is -0.0620 e. The third-order valence-electron chi connectivity index (χ3n) is 2.96. The Hall–Kier alpha value is -1.56. The summed E-state index contributed by atoms with van der Waals surface area (Å²) in [5.41, 5.74) is 5.53. The summed E-state index contributed by atoms with van der Waals surface area (Å²) in [6.07, 6.45) is 5.39. The summed E-state index contributed by atoms with van der Waals surface area (Å²) in [6, 6.07) is 17.3. The van der Waals surface area contributed by atoms with Crippen molar-refractivity contribution in [3.8, 4) is 11.1 Å². The number of hydrogen-bond donors (Lipinski definition) is 0. The van der Waals surface area contributed by atoms with Crippen molar-refractivity contribution in [2.45, 2.75) is 12.8 Å². The summed E-state index contributed by atoms with van der Waals surface area (Å²) in [4.78, 5) is 0. The summed E-state index contributed by atoms with van der Waals surface area (Å²) in [5, 5.41) is 0. The fourth-order valence-corrected chi connectivity index (χ4v) is 2.21. The average molecular weight is 192 g/mol. The normalized spacial score (nSPS) is 13.9. The van der Waals surface area contributed by atoms with Crippen LogP contribution in [0.1, 0.15) is 11.1 Å². The van der Waals surface area contributed by atoms with E-state index in [0.29, 0.717) is 0 Å². The molecule has 1 aliphatic rings. The average Bonchev–Trinajstić information content (AvgIpc) is 2.48. The lowest BCUT2D eigenvalue weighted by Crippen LogP contribution is -1.86. The second-order valence-electron chi connectivity index (χ2n) is 3.92. The Balaban J connectivity index is 2.27. The van der Waals surface area contributed by atoms with Gasteiger partial charge in [-0.05, 0) is 41.5 Å². The van der Waals surface area contributed by atoms with Crippen molar-refractivity contribution >= 4 is 0 Å². The van der Waals surface area contributed by atoms with E-state index in [1.807, 2.05) is 0 Å². The number of benzene rings is 2. The van der Waals surface area contributed by atoms with Crippen molar-refractivity contribution in [1.82, 2.24) is 0 Å². The van der Waals surface area contributed by atoms with Gasteiger partial charge in [-0.3, -0.25) is 0 Å². The topological polar surface area (TPSA) is 0 Å². The molecule has 3 rings (SSSR count). The zero-order valence-corrected chi connectivity index (χ0v) is 8.53. The summed E-state index contributed by atoms with van der Waals surface area (Å²) >= 11 is 0. The molecule has 0 heterocycles. The Bertz CT molecular complexity index is 437. The van der Waals surface area contributed by atoms with Gasteiger partial charge < -0.3 is 0 Å². The van der Waals surface area contributed by atoms with Gasteiger partial charge in [0.1, 0.15) is 0 Å². The van der Waals surface area contributed by atoms with E-state index in [9.17, 15) is 0 Å². The molecule has 0 unspecified atom stereocenters. The van der Waals surface area contributed by atoms with Crippen LogP contribution in [0.5, 0.6) is 0 Å². The van der Waals surface area contributed by atoms with Crippen LogP contribution in [-0.4, -0.2) is 0 Å². The predicted octanol–water partition coefficient (Wildman–Crippen LogP) is 3.53. The Morgan fingerprint density at radius 3 is 1.67 bits per heavy atom. The van der Waals surface area contributed by atoms with Gasteiger partial charge in [-0.2, -0.15) is 0 Å². The first-order valence-corrected chi connectivity index (χ1v) is 5.32. The first-order valence-electron chi connectivity index (χ1n) is 5.32. The van der Waals surface area contributed by atoms with Gasteiger partial charge in [0.05, 0.1) is 0 Å². The maximum Gasteiger partial charge on any atom is -0.00791 e. The highest BCUT2D eigenvalue weighted by atomic mass is 14.2. The molecule has 0 amide bonds. The van der Waals surface area contributed by atoms with E-state index >= 15 is 0 Å². The van der Waals surface area contributed by atoms with Crippen molar-refractivity contribution in [2.24, 2.45) is 0 Å². The van der Waals surface area contributed by atoms with Crippen molar-refractivity contribution in [3.63, 3.8) is 0 Å². The second-order valence-corrected chi connectivity index (χ2v) is 3.92. The maximum absolute atomic E-state index is 3.46. The molecule has 2 aromatic rings. The maximum atomic E-state index is 3.46. The van der Waals surface area contributed by atoms with Gasteiger partial charge in [0.15, 0.2) is 0 Å². The Kier molecular flexibility index (Phi) is 2.06. The predicted molar refractivity (Wildman–Crippen MR) is 62.5 cm³/mol. The molecule has 0 spiro atoms. The molecule has 0 atom stereocenters. The SMILES string of the molecule is [C]1Cc2ccccc2-c2ccccc2C1. The van der Waals surface area contributed by atoms with E-state index in [2.05, 4.69) is 55.0 Å². The highest BCUT2D eigenvalue weighted by Crippen LogP contribution is 2.31. The van der Waals surface area contributed by atoms with Crippen LogP contribution in [0.2, 0.25) is 0 Å². The summed E-state index contributed by atoms with van der Waals surface area (Å²) in [7, 11) is 0. The molecule has 2 aromatic carbocycles. The van der Waals surface area contributed by atoms with E-state index in [1.165, 1.54) is 22.3 Å². The highest BCUT2D eigenvalue weighted by Gasteiger charge is 2.12. The zero-order chi connectivity index (χ0) is 10.1. The second kappa shape index (κ2) is 3.54. The van der Waals surface area contributed by atoms with Crippen LogP contribution in [-0.2, 0) is 12.8 Å². The van der Waals surface area contributed by atoms with Crippen LogP contribution in [0.15, 0.2) is 48.5 Å². The lowest BCUT2D eigenvalue weighted by Gasteiger charge is -2.08. The van der Waals surface area contributed by atoms with E-state index < -0.39 is 0 Å². The Morgan fingerprint density at radius 1 is 0.667 bits per heavy atom. The van der Waals surface area contributed by atoms with E-state index in [1.54, 1.807) is 0 Å². The molecule has 1 aliphatic carbocycles. The molecule has 0 nitrogen and oxygen atoms in total. The first kappa shape index (κ1) is 8.72. The van der Waals surface area contributed by atoms with Crippen LogP contribution in [0.3, 0.4) is 0 Å². The molecule has 0 bridgehead atoms.